The first-order chi connectivity index (χ1) is 7.00. The van der Waals surface area contributed by atoms with E-state index in [4.69, 9.17) is 0 Å². The van der Waals surface area contributed by atoms with Crippen molar-refractivity contribution in [2.75, 3.05) is 6.54 Å². The van der Waals surface area contributed by atoms with Gasteiger partial charge in [0.15, 0.2) is 0 Å². The summed E-state index contributed by atoms with van der Waals surface area (Å²) in [5, 5.41) is 0. The molecule has 3 nitrogen and oxygen atoms in total. The molecule has 0 radical (unpaired) electrons. The van der Waals surface area contributed by atoms with Gasteiger partial charge < -0.3 is 0 Å². The number of aromatic nitrogens is 1. The van der Waals surface area contributed by atoms with Gasteiger partial charge >= 0.3 is 0 Å². The lowest BCUT2D eigenvalue weighted by molar-refractivity contribution is 0.607. The topological polar surface area (TPSA) is 33.0 Å². The summed E-state index contributed by atoms with van der Waals surface area (Å²) in [5.41, 5.74) is 1.16. The standard InChI is InChI=1S/C11H16N2OS/c1-11(2,3)15(14)13-8-10(13)9-5-4-6-12-7-9/h4-7,10H,8H2,1-3H3/t10-,13?,15-/m1/s1. The summed E-state index contributed by atoms with van der Waals surface area (Å²) < 4.78 is 13.9. The minimum atomic E-state index is -0.903. The summed E-state index contributed by atoms with van der Waals surface area (Å²) in [6.07, 6.45) is 3.61. The van der Waals surface area contributed by atoms with E-state index in [2.05, 4.69) is 4.98 Å². The van der Waals surface area contributed by atoms with Crippen LogP contribution >= 0.6 is 0 Å². The third-order valence-corrected chi connectivity index (χ3v) is 4.25. The fourth-order valence-corrected chi connectivity index (χ4v) is 2.84. The molecule has 1 saturated heterocycles. The number of nitrogens with zero attached hydrogens (tertiary/aromatic N) is 2. The fourth-order valence-electron chi connectivity index (χ4n) is 1.50. The molecule has 3 atom stereocenters. The molecule has 4 heteroatoms. The van der Waals surface area contributed by atoms with Gasteiger partial charge in [0.1, 0.15) is 11.0 Å². The average Bonchev–Trinajstić information content (AvgIpc) is 2.96. The van der Waals surface area contributed by atoms with Crippen molar-refractivity contribution in [1.82, 2.24) is 9.29 Å². The van der Waals surface area contributed by atoms with Gasteiger partial charge in [-0.05, 0) is 32.4 Å². The van der Waals surface area contributed by atoms with Crippen LogP contribution < -0.4 is 0 Å². The molecule has 1 aromatic rings. The summed E-state index contributed by atoms with van der Waals surface area (Å²) in [7, 11) is -0.903. The lowest BCUT2D eigenvalue weighted by atomic mass is 10.2. The third-order valence-electron chi connectivity index (χ3n) is 2.37. The van der Waals surface area contributed by atoms with Gasteiger partial charge in [-0.3, -0.25) is 4.98 Å². The van der Waals surface area contributed by atoms with Crippen molar-refractivity contribution in [2.45, 2.75) is 31.6 Å². The Balaban J connectivity index is 2.06. The highest BCUT2D eigenvalue weighted by Gasteiger charge is 2.43. The van der Waals surface area contributed by atoms with Gasteiger partial charge in [-0.25, -0.2) is 8.51 Å². The zero-order chi connectivity index (χ0) is 11.1. The van der Waals surface area contributed by atoms with Crippen LogP contribution in [0.3, 0.4) is 0 Å². The number of rotatable bonds is 2. The molecule has 82 valence electrons. The Hall–Kier alpha value is -0.740. The Labute approximate surface area is 93.1 Å². The van der Waals surface area contributed by atoms with Crippen LogP contribution in [0.1, 0.15) is 32.4 Å². The molecule has 1 unspecified atom stereocenters. The van der Waals surface area contributed by atoms with E-state index in [1.165, 1.54) is 0 Å². The molecular weight excluding hydrogens is 208 g/mol. The highest BCUT2D eigenvalue weighted by molar-refractivity contribution is 7.84. The van der Waals surface area contributed by atoms with Crippen molar-refractivity contribution in [3.63, 3.8) is 0 Å². The van der Waals surface area contributed by atoms with Gasteiger partial charge in [-0.1, -0.05) is 6.07 Å². The van der Waals surface area contributed by atoms with Crippen LogP contribution in [0.15, 0.2) is 24.5 Å². The predicted octanol–water partition coefficient (Wildman–Crippen LogP) is 1.90. The maximum Gasteiger partial charge on any atom is 0.100 e. The Bertz CT molecular complexity index is 372. The molecule has 1 aliphatic heterocycles. The van der Waals surface area contributed by atoms with E-state index in [-0.39, 0.29) is 4.75 Å². The lowest BCUT2D eigenvalue weighted by Crippen LogP contribution is -2.27. The normalized spacial score (nSPS) is 27.4. The second-order valence-corrected chi connectivity index (χ2v) is 6.96. The van der Waals surface area contributed by atoms with Gasteiger partial charge in [0, 0.05) is 18.9 Å². The van der Waals surface area contributed by atoms with Crippen LogP contribution in [0.4, 0.5) is 0 Å². The average molecular weight is 224 g/mol. The number of hydrogen-bond donors (Lipinski definition) is 0. The van der Waals surface area contributed by atoms with E-state index in [0.29, 0.717) is 6.04 Å². The van der Waals surface area contributed by atoms with Crippen molar-refractivity contribution in [3.8, 4) is 0 Å². The van der Waals surface area contributed by atoms with Crippen LogP contribution in [-0.2, 0) is 11.0 Å². The van der Waals surface area contributed by atoms with E-state index < -0.39 is 11.0 Å². The quantitative estimate of drug-likeness (QED) is 0.719. The molecule has 0 saturated carbocycles. The van der Waals surface area contributed by atoms with E-state index in [1.54, 1.807) is 6.20 Å². The molecular formula is C11H16N2OS. The van der Waals surface area contributed by atoms with Crippen LogP contribution in [0.25, 0.3) is 0 Å². The zero-order valence-electron chi connectivity index (χ0n) is 9.30. The maximum absolute atomic E-state index is 12.0. The molecule has 2 heterocycles. The summed E-state index contributed by atoms with van der Waals surface area (Å²) in [4.78, 5) is 4.08. The lowest BCUT2D eigenvalue weighted by Gasteiger charge is -2.18. The maximum atomic E-state index is 12.0. The first-order valence-corrected chi connectivity index (χ1v) is 6.19. The Morgan fingerprint density at radius 2 is 2.27 bits per heavy atom. The first-order valence-electron chi connectivity index (χ1n) is 5.09. The van der Waals surface area contributed by atoms with Gasteiger partial charge in [0.25, 0.3) is 0 Å². The van der Waals surface area contributed by atoms with Crippen molar-refractivity contribution in [1.29, 1.82) is 0 Å². The zero-order valence-corrected chi connectivity index (χ0v) is 10.1. The Morgan fingerprint density at radius 3 is 2.80 bits per heavy atom. The molecule has 15 heavy (non-hydrogen) atoms. The van der Waals surface area contributed by atoms with Crippen LogP contribution in [0.5, 0.6) is 0 Å². The van der Waals surface area contributed by atoms with Crippen molar-refractivity contribution in [3.05, 3.63) is 30.1 Å². The molecule has 0 N–H and O–H groups in total. The molecule has 2 rings (SSSR count). The Morgan fingerprint density at radius 1 is 1.53 bits per heavy atom. The minimum Gasteiger partial charge on any atom is -0.264 e. The van der Waals surface area contributed by atoms with Gasteiger partial charge in [0.05, 0.1) is 10.8 Å². The summed E-state index contributed by atoms with van der Waals surface area (Å²) in [6, 6.07) is 4.27. The molecule has 0 amide bonds. The second-order valence-electron chi connectivity index (χ2n) is 4.76. The Kier molecular flexibility index (Phi) is 2.64. The summed E-state index contributed by atoms with van der Waals surface area (Å²) in [6.45, 7) is 6.89. The van der Waals surface area contributed by atoms with Gasteiger partial charge in [-0.15, -0.1) is 0 Å². The highest BCUT2D eigenvalue weighted by Crippen LogP contribution is 2.38. The molecule has 1 aromatic heterocycles. The summed E-state index contributed by atoms with van der Waals surface area (Å²) >= 11 is 0. The van der Waals surface area contributed by atoms with E-state index >= 15 is 0 Å². The van der Waals surface area contributed by atoms with Crippen LogP contribution in [0, 0.1) is 0 Å². The second kappa shape index (κ2) is 3.68. The van der Waals surface area contributed by atoms with Crippen molar-refractivity contribution < 1.29 is 4.21 Å². The van der Waals surface area contributed by atoms with Crippen LogP contribution in [-0.4, -0.2) is 24.8 Å². The smallest absolute Gasteiger partial charge is 0.100 e. The van der Waals surface area contributed by atoms with Gasteiger partial charge in [-0.2, -0.15) is 0 Å². The number of pyridine rings is 1. The largest absolute Gasteiger partial charge is 0.264 e. The van der Waals surface area contributed by atoms with Crippen LogP contribution in [0.2, 0.25) is 0 Å². The van der Waals surface area contributed by atoms with E-state index in [9.17, 15) is 4.21 Å². The molecule has 0 aromatic carbocycles. The minimum absolute atomic E-state index is 0.170. The fraction of sp³-hybridized carbons (Fsp3) is 0.545. The molecule has 0 aliphatic carbocycles. The van der Waals surface area contributed by atoms with Crippen molar-refractivity contribution >= 4 is 11.0 Å². The molecule has 0 bridgehead atoms. The summed E-state index contributed by atoms with van der Waals surface area (Å²) in [5.74, 6) is 0. The predicted molar refractivity (Wildman–Crippen MR) is 61.6 cm³/mol. The van der Waals surface area contributed by atoms with E-state index in [0.717, 1.165) is 12.1 Å². The van der Waals surface area contributed by atoms with Gasteiger partial charge in [0.2, 0.25) is 0 Å². The van der Waals surface area contributed by atoms with Crippen molar-refractivity contribution in [2.24, 2.45) is 0 Å². The molecule has 1 aliphatic rings. The third kappa shape index (κ3) is 2.26. The van der Waals surface area contributed by atoms with E-state index in [1.807, 2.05) is 43.4 Å². The monoisotopic (exact) mass is 224 g/mol. The molecule has 1 fully saturated rings. The first kappa shape index (κ1) is 10.8. The number of hydrogen-bond acceptors (Lipinski definition) is 2. The molecule has 0 spiro atoms. The highest BCUT2D eigenvalue weighted by atomic mass is 32.2. The SMILES string of the molecule is CC(C)(C)[S@@](=O)N1C[C@@H]1c1cccnc1.